The number of amides is 1. The second-order valence-corrected chi connectivity index (χ2v) is 9.78. The van der Waals surface area contributed by atoms with E-state index in [1.54, 1.807) is 0 Å². The van der Waals surface area contributed by atoms with Gasteiger partial charge in [-0.2, -0.15) is 0 Å². The van der Waals surface area contributed by atoms with Gasteiger partial charge in [0.15, 0.2) is 6.61 Å². The van der Waals surface area contributed by atoms with Gasteiger partial charge in [-0.05, 0) is 55.2 Å². The molecule has 1 saturated carbocycles. The lowest BCUT2D eigenvalue weighted by atomic mass is 9.69. The fourth-order valence-corrected chi connectivity index (χ4v) is 4.16. The average Bonchev–Trinajstić information content (AvgIpc) is 2.66. The molecule has 1 aromatic rings. The molecule has 162 valence electrons. The highest BCUT2D eigenvalue weighted by atomic mass is 32.2. The highest BCUT2D eigenvalue weighted by Gasteiger charge is 2.32. The van der Waals surface area contributed by atoms with Gasteiger partial charge in [-0.15, -0.1) is 0 Å². The van der Waals surface area contributed by atoms with Crippen molar-refractivity contribution in [3.8, 4) is 0 Å². The highest BCUT2D eigenvalue weighted by molar-refractivity contribution is 7.89. The number of rotatable bonds is 7. The third-order valence-electron chi connectivity index (χ3n) is 5.93. The SMILES string of the molecule is CCC(C)(C)C1CCC(NC(=O)COC(=O)c2cc(S(N)(=O)=O)ccc2F)CC1. The van der Waals surface area contributed by atoms with Crippen molar-refractivity contribution in [3.05, 3.63) is 29.6 Å². The van der Waals surface area contributed by atoms with E-state index < -0.39 is 44.8 Å². The number of hydrogen-bond donors (Lipinski definition) is 2. The van der Waals surface area contributed by atoms with Crippen LogP contribution < -0.4 is 10.5 Å². The van der Waals surface area contributed by atoms with Crippen molar-refractivity contribution in [2.75, 3.05) is 6.61 Å². The summed E-state index contributed by atoms with van der Waals surface area (Å²) in [4.78, 5) is 23.7. The van der Waals surface area contributed by atoms with Crippen LogP contribution in [0.15, 0.2) is 23.1 Å². The van der Waals surface area contributed by atoms with Gasteiger partial charge in [-0.1, -0.05) is 27.2 Å². The van der Waals surface area contributed by atoms with E-state index in [0.717, 1.165) is 50.3 Å². The smallest absolute Gasteiger partial charge is 0.341 e. The Balaban J connectivity index is 1.87. The second-order valence-electron chi connectivity index (χ2n) is 8.22. The summed E-state index contributed by atoms with van der Waals surface area (Å²) >= 11 is 0. The van der Waals surface area contributed by atoms with Crippen LogP contribution >= 0.6 is 0 Å². The van der Waals surface area contributed by atoms with E-state index in [2.05, 4.69) is 26.1 Å². The van der Waals surface area contributed by atoms with Crippen LogP contribution in [0, 0.1) is 17.2 Å². The van der Waals surface area contributed by atoms with Crippen LogP contribution in [0.25, 0.3) is 0 Å². The highest BCUT2D eigenvalue weighted by Crippen LogP contribution is 2.40. The molecule has 1 aliphatic rings. The molecule has 29 heavy (non-hydrogen) atoms. The van der Waals surface area contributed by atoms with Crippen molar-refractivity contribution < 1.29 is 27.1 Å². The fraction of sp³-hybridized carbons (Fsp3) is 0.600. The van der Waals surface area contributed by atoms with E-state index in [0.29, 0.717) is 5.92 Å². The Morgan fingerprint density at radius 2 is 1.86 bits per heavy atom. The lowest BCUT2D eigenvalue weighted by molar-refractivity contribution is -0.125. The molecule has 1 aromatic carbocycles. The maximum Gasteiger partial charge on any atom is 0.341 e. The molecule has 0 aliphatic heterocycles. The van der Waals surface area contributed by atoms with E-state index in [9.17, 15) is 22.4 Å². The van der Waals surface area contributed by atoms with Crippen molar-refractivity contribution in [1.82, 2.24) is 5.32 Å². The Hall–Kier alpha value is -2.00. The summed E-state index contributed by atoms with van der Waals surface area (Å²) < 4.78 is 41.4. The number of sulfonamides is 1. The van der Waals surface area contributed by atoms with Crippen LogP contribution in [0.4, 0.5) is 4.39 Å². The fourth-order valence-electron chi connectivity index (χ4n) is 3.62. The normalized spacial score (nSPS) is 20.2. The lowest BCUT2D eigenvalue weighted by Gasteiger charge is -2.39. The summed E-state index contributed by atoms with van der Waals surface area (Å²) in [5.74, 6) is -1.94. The van der Waals surface area contributed by atoms with Crippen LogP contribution in [-0.2, 0) is 19.6 Å². The molecule has 0 saturated heterocycles. The van der Waals surface area contributed by atoms with Gasteiger partial charge in [-0.25, -0.2) is 22.7 Å². The molecule has 0 bridgehead atoms. The van der Waals surface area contributed by atoms with Crippen molar-refractivity contribution in [3.63, 3.8) is 0 Å². The molecule has 0 aromatic heterocycles. The number of carbonyl (C=O) groups excluding carboxylic acids is 2. The van der Waals surface area contributed by atoms with Gasteiger partial charge in [0.2, 0.25) is 10.0 Å². The maximum atomic E-state index is 13.8. The van der Waals surface area contributed by atoms with Crippen LogP contribution in [0.2, 0.25) is 0 Å². The minimum absolute atomic E-state index is 0.0209. The Morgan fingerprint density at radius 3 is 2.41 bits per heavy atom. The van der Waals surface area contributed by atoms with Crippen molar-refractivity contribution in [1.29, 1.82) is 0 Å². The summed E-state index contributed by atoms with van der Waals surface area (Å²) in [6, 6.07) is 2.58. The first-order valence-electron chi connectivity index (χ1n) is 9.73. The van der Waals surface area contributed by atoms with E-state index in [4.69, 9.17) is 9.88 Å². The van der Waals surface area contributed by atoms with Crippen molar-refractivity contribution in [2.45, 2.75) is 63.8 Å². The van der Waals surface area contributed by atoms with E-state index in [-0.39, 0.29) is 11.5 Å². The van der Waals surface area contributed by atoms with Crippen LogP contribution in [0.3, 0.4) is 0 Å². The van der Waals surface area contributed by atoms with Gasteiger partial charge in [0, 0.05) is 6.04 Å². The van der Waals surface area contributed by atoms with Crippen LogP contribution in [0.1, 0.15) is 63.2 Å². The Morgan fingerprint density at radius 1 is 1.24 bits per heavy atom. The number of benzene rings is 1. The zero-order valence-electron chi connectivity index (χ0n) is 17.0. The van der Waals surface area contributed by atoms with Crippen LogP contribution in [-0.4, -0.2) is 32.9 Å². The first-order valence-corrected chi connectivity index (χ1v) is 11.3. The average molecular weight is 429 g/mol. The maximum absolute atomic E-state index is 13.8. The Kier molecular flexibility index (Phi) is 7.40. The minimum atomic E-state index is -4.10. The van der Waals surface area contributed by atoms with Crippen molar-refractivity contribution in [2.24, 2.45) is 16.5 Å². The molecule has 0 atom stereocenters. The second kappa shape index (κ2) is 9.21. The number of carbonyl (C=O) groups is 2. The predicted octanol–water partition coefficient (Wildman–Crippen LogP) is 2.74. The molecule has 0 unspecified atom stereocenters. The monoisotopic (exact) mass is 428 g/mol. The molecule has 7 nitrogen and oxygen atoms in total. The summed E-state index contributed by atoms with van der Waals surface area (Å²) in [7, 11) is -4.10. The zero-order valence-corrected chi connectivity index (χ0v) is 17.9. The van der Waals surface area contributed by atoms with Gasteiger partial charge in [-0.3, -0.25) is 4.79 Å². The number of hydrogen-bond acceptors (Lipinski definition) is 5. The van der Waals surface area contributed by atoms with Gasteiger partial charge in [0.1, 0.15) is 5.82 Å². The van der Waals surface area contributed by atoms with Crippen molar-refractivity contribution >= 4 is 21.9 Å². The first kappa shape index (κ1) is 23.3. The predicted molar refractivity (Wildman–Crippen MR) is 106 cm³/mol. The number of esters is 1. The first-order chi connectivity index (χ1) is 13.4. The summed E-state index contributed by atoms with van der Waals surface area (Å²) in [6.45, 7) is 6.14. The van der Waals surface area contributed by atoms with E-state index in [1.165, 1.54) is 0 Å². The minimum Gasteiger partial charge on any atom is -0.452 e. The summed E-state index contributed by atoms with van der Waals surface area (Å²) in [6.07, 6.45) is 4.87. The third-order valence-corrected chi connectivity index (χ3v) is 6.84. The quantitative estimate of drug-likeness (QED) is 0.648. The molecule has 0 radical (unpaired) electrons. The molecule has 3 N–H and O–H groups in total. The van der Waals surface area contributed by atoms with Gasteiger partial charge < -0.3 is 10.1 Å². The zero-order chi connectivity index (χ0) is 21.8. The molecule has 0 heterocycles. The number of ether oxygens (including phenoxy) is 1. The number of halogens is 1. The molecule has 2 rings (SSSR count). The van der Waals surface area contributed by atoms with Gasteiger partial charge in [0.25, 0.3) is 5.91 Å². The lowest BCUT2D eigenvalue weighted by Crippen LogP contribution is -2.41. The van der Waals surface area contributed by atoms with Gasteiger partial charge >= 0.3 is 5.97 Å². The molecule has 0 spiro atoms. The number of primary sulfonamides is 1. The molecule has 1 amide bonds. The number of nitrogens with one attached hydrogen (secondary N) is 1. The standard InChI is InChI=1S/C20H29FN2O5S/c1-4-20(2,3)13-5-7-14(8-6-13)23-18(24)12-28-19(25)16-11-15(29(22,26)27)9-10-17(16)21/h9-11,13-14H,4-8,12H2,1-3H3,(H,23,24)(H2,22,26,27). The number of nitrogens with two attached hydrogens (primary N) is 1. The molecule has 9 heteroatoms. The topological polar surface area (TPSA) is 116 Å². The third kappa shape index (κ3) is 6.24. The molecule has 1 fully saturated rings. The molecule has 1 aliphatic carbocycles. The van der Waals surface area contributed by atoms with E-state index >= 15 is 0 Å². The largest absolute Gasteiger partial charge is 0.452 e. The molecular formula is C20H29FN2O5S. The van der Waals surface area contributed by atoms with E-state index in [1.807, 2.05) is 0 Å². The summed E-state index contributed by atoms with van der Waals surface area (Å²) in [5.41, 5.74) is -0.313. The van der Waals surface area contributed by atoms with Crippen LogP contribution in [0.5, 0.6) is 0 Å². The summed E-state index contributed by atoms with van der Waals surface area (Å²) in [5, 5.41) is 7.82. The van der Waals surface area contributed by atoms with Gasteiger partial charge in [0.05, 0.1) is 10.5 Å². The molecular weight excluding hydrogens is 399 g/mol. The Bertz CT molecular complexity index is 862. The Labute approximate surface area is 171 Å².